The maximum atomic E-state index is 9.66. The molecule has 1 aliphatic heterocycles. The third-order valence-electron chi connectivity index (χ3n) is 4.06. The smallest absolute Gasteiger partial charge is 0.119 e. The Labute approximate surface area is 127 Å². The summed E-state index contributed by atoms with van der Waals surface area (Å²) in [7, 11) is 1.71. The minimum atomic E-state index is -0.203. The molecule has 0 spiro atoms. The van der Waals surface area contributed by atoms with Crippen LogP contribution in [0.2, 0.25) is 0 Å². The standard InChI is InChI=1S/C17H27NO3/c1-14(19)16-7-8-18(13-16)12-15-5-3-6-17(11-15)21-10-4-9-20-2/h3,5-6,11,14,16,19H,4,7-10,12-13H2,1-2H3. The van der Waals surface area contributed by atoms with Gasteiger partial charge >= 0.3 is 0 Å². The normalized spacial score (nSPS) is 20.6. The van der Waals surface area contributed by atoms with Crippen LogP contribution in [-0.4, -0.2) is 49.5 Å². The van der Waals surface area contributed by atoms with Crippen LogP contribution < -0.4 is 4.74 Å². The Morgan fingerprint density at radius 1 is 1.38 bits per heavy atom. The van der Waals surface area contributed by atoms with Gasteiger partial charge in [0.1, 0.15) is 5.75 Å². The quantitative estimate of drug-likeness (QED) is 0.747. The first-order valence-corrected chi connectivity index (χ1v) is 7.80. The summed E-state index contributed by atoms with van der Waals surface area (Å²) in [5.41, 5.74) is 1.27. The molecular weight excluding hydrogens is 266 g/mol. The van der Waals surface area contributed by atoms with E-state index in [1.54, 1.807) is 7.11 Å². The Kier molecular flexibility index (Phi) is 6.49. The molecule has 0 aliphatic carbocycles. The van der Waals surface area contributed by atoms with Crippen molar-refractivity contribution in [2.45, 2.75) is 32.4 Å². The highest BCUT2D eigenvalue weighted by molar-refractivity contribution is 5.28. The zero-order chi connectivity index (χ0) is 15.1. The number of hydrogen-bond acceptors (Lipinski definition) is 4. The third kappa shape index (κ3) is 5.30. The van der Waals surface area contributed by atoms with Gasteiger partial charge in [-0.05, 0) is 43.5 Å². The summed E-state index contributed by atoms with van der Waals surface area (Å²) in [6, 6.07) is 8.29. The molecule has 21 heavy (non-hydrogen) atoms. The van der Waals surface area contributed by atoms with E-state index in [1.807, 2.05) is 19.1 Å². The number of aliphatic hydroxyl groups excluding tert-OH is 1. The summed E-state index contributed by atoms with van der Waals surface area (Å²) < 4.78 is 10.7. The van der Waals surface area contributed by atoms with Crippen LogP contribution in [0.5, 0.6) is 5.75 Å². The van der Waals surface area contributed by atoms with Crippen LogP contribution in [0.25, 0.3) is 0 Å². The highest BCUT2D eigenvalue weighted by atomic mass is 16.5. The maximum absolute atomic E-state index is 9.66. The van der Waals surface area contributed by atoms with E-state index in [1.165, 1.54) is 5.56 Å². The van der Waals surface area contributed by atoms with E-state index in [4.69, 9.17) is 9.47 Å². The summed E-state index contributed by atoms with van der Waals surface area (Å²) in [5, 5.41) is 9.66. The summed E-state index contributed by atoms with van der Waals surface area (Å²) in [5.74, 6) is 1.34. The maximum Gasteiger partial charge on any atom is 0.119 e. The first-order valence-electron chi connectivity index (χ1n) is 7.80. The van der Waals surface area contributed by atoms with Gasteiger partial charge in [-0.1, -0.05) is 12.1 Å². The Morgan fingerprint density at radius 2 is 2.24 bits per heavy atom. The van der Waals surface area contributed by atoms with E-state index in [0.29, 0.717) is 12.5 Å². The van der Waals surface area contributed by atoms with Crippen molar-refractivity contribution in [1.82, 2.24) is 4.90 Å². The number of rotatable bonds is 8. The average molecular weight is 293 g/mol. The van der Waals surface area contributed by atoms with Crippen LogP contribution in [0.1, 0.15) is 25.3 Å². The SMILES string of the molecule is COCCCOc1cccc(CN2CCC(C(C)O)C2)c1. The lowest BCUT2D eigenvalue weighted by Gasteiger charge is -2.18. The molecule has 118 valence electrons. The van der Waals surface area contributed by atoms with Gasteiger partial charge in [0.25, 0.3) is 0 Å². The van der Waals surface area contributed by atoms with E-state index in [-0.39, 0.29) is 6.10 Å². The van der Waals surface area contributed by atoms with Crippen molar-refractivity contribution in [3.05, 3.63) is 29.8 Å². The minimum absolute atomic E-state index is 0.203. The van der Waals surface area contributed by atoms with E-state index < -0.39 is 0 Å². The van der Waals surface area contributed by atoms with Crippen LogP contribution in [0.4, 0.5) is 0 Å². The predicted octanol–water partition coefficient (Wildman–Crippen LogP) is 2.30. The van der Waals surface area contributed by atoms with Gasteiger partial charge in [0.15, 0.2) is 0 Å². The fraction of sp³-hybridized carbons (Fsp3) is 0.647. The van der Waals surface area contributed by atoms with Gasteiger partial charge in [0.05, 0.1) is 12.7 Å². The largest absolute Gasteiger partial charge is 0.493 e. The van der Waals surface area contributed by atoms with Gasteiger partial charge in [0.2, 0.25) is 0 Å². The molecule has 0 amide bonds. The molecule has 1 aliphatic rings. The Morgan fingerprint density at radius 3 is 2.95 bits per heavy atom. The van der Waals surface area contributed by atoms with E-state index in [0.717, 1.165) is 44.8 Å². The number of methoxy groups -OCH3 is 1. The molecule has 1 N–H and O–H groups in total. The number of benzene rings is 1. The first kappa shape index (κ1) is 16.3. The molecule has 4 heteroatoms. The minimum Gasteiger partial charge on any atom is -0.493 e. The van der Waals surface area contributed by atoms with Crippen LogP contribution in [0, 0.1) is 5.92 Å². The highest BCUT2D eigenvalue weighted by Gasteiger charge is 2.25. The summed E-state index contributed by atoms with van der Waals surface area (Å²) in [6.45, 7) is 6.28. The van der Waals surface area contributed by atoms with Crippen LogP contribution >= 0.6 is 0 Å². The summed E-state index contributed by atoms with van der Waals surface area (Å²) >= 11 is 0. The molecule has 0 saturated carbocycles. The number of nitrogens with zero attached hydrogens (tertiary/aromatic N) is 1. The van der Waals surface area contributed by atoms with Crippen molar-refractivity contribution in [1.29, 1.82) is 0 Å². The molecule has 1 saturated heterocycles. The molecule has 2 rings (SSSR count). The molecule has 2 atom stereocenters. The van der Waals surface area contributed by atoms with Crippen LogP contribution in [-0.2, 0) is 11.3 Å². The second-order valence-electron chi connectivity index (χ2n) is 5.87. The second-order valence-corrected chi connectivity index (χ2v) is 5.87. The van der Waals surface area contributed by atoms with E-state index in [2.05, 4.69) is 17.0 Å². The third-order valence-corrected chi connectivity index (χ3v) is 4.06. The number of ether oxygens (including phenoxy) is 2. The first-order chi connectivity index (χ1) is 10.2. The predicted molar refractivity (Wildman–Crippen MR) is 83.5 cm³/mol. The molecule has 0 bridgehead atoms. The second kappa shape index (κ2) is 8.37. The zero-order valence-electron chi connectivity index (χ0n) is 13.1. The van der Waals surface area contributed by atoms with E-state index in [9.17, 15) is 5.11 Å². The topological polar surface area (TPSA) is 41.9 Å². The molecule has 1 aromatic carbocycles. The van der Waals surface area contributed by atoms with Crippen molar-refractivity contribution < 1.29 is 14.6 Å². The molecule has 1 heterocycles. The van der Waals surface area contributed by atoms with Crippen molar-refractivity contribution in [2.24, 2.45) is 5.92 Å². The van der Waals surface area contributed by atoms with Crippen molar-refractivity contribution in [2.75, 3.05) is 33.4 Å². The molecular formula is C17H27NO3. The van der Waals surface area contributed by atoms with Crippen molar-refractivity contribution >= 4 is 0 Å². The lowest BCUT2D eigenvalue weighted by Crippen LogP contribution is -2.23. The molecule has 1 fully saturated rings. The van der Waals surface area contributed by atoms with Crippen LogP contribution in [0.15, 0.2) is 24.3 Å². The molecule has 0 aromatic heterocycles. The summed E-state index contributed by atoms with van der Waals surface area (Å²) in [6.07, 6.45) is 1.79. The fourth-order valence-corrected chi connectivity index (χ4v) is 2.79. The monoisotopic (exact) mass is 293 g/mol. The average Bonchev–Trinajstić information content (AvgIpc) is 2.93. The van der Waals surface area contributed by atoms with Gasteiger partial charge in [-0.15, -0.1) is 0 Å². The zero-order valence-corrected chi connectivity index (χ0v) is 13.1. The number of hydrogen-bond donors (Lipinski definition) is 1. The van der Waals surface area contributed by atoms with Gasteiger partial charge in [-0.25, -0.2) is 0 Å². The summed E-state index contributed by atoms with van der Waals surface area (Å²) in [4.78, 5) is 2.40. The Bertz CT molecular complexity index is 422. The molecule has 2 unspecified atom stereocenters. The van der Waals surface area contributed by atoms with Gasteiger partial charge < -0.3 is 14.6 Å². The van der Waals surface area contributed by atoms with E-state index >= 15 is 0 Å². The molecule has 4 nitrogen and oxygen atoms in total. The lowest BCUT2D eigenvalue weighted by molar-refractivity contribution is 0.127. The number of aliphatic hydroxyl groups is 1. The van der Waals surface area contributed by atoms with Gasteiger partial charge in [0, 0.05) is 33.2 Å². The van der Waals surface area contributed by atoms with Gasteiger partial charge in [-0.3, -0.25) is 4.90 Å². The number of likely N-dealkylation sites (tertiary alicyclic amines) is 1. The lowest BCUT2D eigenvalue weighted by atomic mass is 10.0. The van der Waals surface area contributed by atoms with Crippen LogP contribution in [0.3, 0.4) is 0 Å². The van der Waals surface area contributed by atoms with Crippen molar-refractivity contribution in [3.63, 3.8) is 0 Å². The highest BCUT2D eigenvalue weighted by Crippen LogP contribution is 2.22. The Hall–Kier alpha value is -1.10. The molecule has 0 radical (unpaired) electrons. The fourth-order valence-electron chi connectivity index (χ4n) is 2.79. The molecule has 1 aromatic rings. The Balaban J connectivity index is 1.81. The van der Waals surface area contributed by atoms with Crippen molar-refractivity contribution in [3.8, 4) is 5.75 Å². The van der Waals surface area contributed by atoms with Gasteiger partial charge in [-0.2, -0.15) is 0 Å².